The molecule has 0 saturated carbocycles. The Morgan fingerprint density at radius 3 is 2.30 bits per heavy atom. The normalized spacial score (nSPS) is 13.0. The summed E-state index contributed by atoms with van der Waals surface area (Å²) in [5.74, 6) is 0.152. The number of halogens is 1. The minimum atomic E-state index is -0.536. The predicted molar refractivity (Wildman–Crippen MR) is 105 cm³/mol. The summed E-state index contributed by atoms with van der Waals surface area (Å²) in [6.07, 6.45) is -0.0784. The van der Waals surface area contributed by atoms with Crippen molar-refractivity contribution in [3.8, 4) is 0 Å². The van der Waals surface area contributed by atoms with Gasteiger partial charge in [0.15, 0.2) is 5.78 Å². The van der Waals surface area contributed by atoms with Gasteiger partial charge in [0.25, 0.3) is 0 Å². The predicted octanol–water partition coefficient (Wildman–Crippen LogP) is 0.411. The Bertz CT molecular complexity index is 895. The van der Waals surface area contributed by atoms with Gasteiger partial charge >= 0.3 is 0 Å². The van der Waals surface area contributed by atoms with E-state index in [1.54, 1.807) is 0 Å². The fourth-order valence-electron chi connectivity index (χ4n) is 3.39. The van der Waals surface area contributed by atoms with Gasteiger partial charge in [0.1, 0.15) is 12.1 Å². The Balaban J connectivity index is 0.00000261. The summed E-state index contributed by atoms with van der Waals surface area (Å²) in [5.41, 5.74) is 2.88. The molecule has 4 heteroatoms. The van der Waals surface area contributed by atoms with E-state index in [0.717, 1.165) is 21.9 Å². The second kappa shape index (κ2) is 9.65. The maximum atomic E-state index is 12.7. The molecule has 0 aliphatic carbocycles. The van der Waals surface area contributed by atoms with Crippen molar-refractivity contribution in [2.24, 2.45) is 0 Å². The van der Waals surface area contributed by atoms with Crippen LogP contribution in [0.5, 0.6) is 0 Å². The van der Waals surface area contributed by atoms with Gasteiger partial charge < -0.3 is 22.8 Å². The minimum Gasteiger partial charge on any atom is -1.00 e. The van der Waals surface area contributed by atoms with E-state index in [9.17, 15) is 9.90 Å². The van der Waals surface area contributed by atoms with Crippen LogP contribution in [0.25, 0.3) is 10.8 Å². The van der Waals surface area contributed by atoms with Crippen LogP contribution < -0.4 is 17.7 Å². The average Bonchev–Trinajstić information content (AvgIpc) is 2.68. The summed E-state index contributed by atoms with van der Waals surface area (Å²) >= 11 is 0. The molecule has 0 aliphatic heterocycles. The van der Waals surface area contributed by atoms with Crippen molar-refractivity contribution in [1.82, 2.24) is 0 Å². The van der Waals surface area contributed by atoms with Crippen LogP contribution in [0.2, 0.25) is 0 Å². The zero-order valence-electron chi connectivity index (χ0n) is 15.7. The molecule has 3 nitrogen and oxygen atoms in total. The smallest absolute Gasteiger partial charge is 0.169 e. The number of nitrogens with two attached hydrogens (primary N) is 1. The average molecular weight is 384 g/mol. The van der Waals surface area contributed by atoms with Gasteiger partial charge in [-0.3, -0.25) is 4.79 Å². The summed E-state index contributed by atoms with van der Waals surface area (Å²) in [6, 6.07) is 21.7. The van der Waals surface area contributed by atoms with Crippen LogP contribution in [0.3, 0.4) is 0 Å². The molecule has 0 heterocycles. The van der Waals surface area contributed by atoms with Crippen LogP contribution in [0.15, 0.2) is 66.7 Å². The number of rotatable bonds is 7. The first-order valence-electron chi connectivity index (χ1n) is 9.16. The number of aliphatic hydroxyl groups excluding tert-OH is 1. The molecule has 0 aliphatic rings. The van der Waals surface area contributed by atoms with Crippen molar-refractivity contribution in [2.45, 2.75) is 32.4 Å². The molecular formula is C23H26ClNO2. The van der Waals surface area contributed by atoms with Crippen LogP contribution in [0.1, 0.15) is 40.9 Å². The van der Waals surface area contributed by atoms with Crippen LogP contribution in [-0.4, -0.2) is 23.5 Å². The summed E-state index contributed by atoms with van der Waals surface area (Å²) in [4.78, 5) is 12.7. The minimum absolute atomic E-state index is 0. The summed E-state index contributed by atoms with van der Waals surface area (Å²) in [7, 11) is 0. The van der Waals surface area contributed by atoms with Crippen molar-refractivity contribution >= 4 is 16.6 Å². The Labute approximate surface area is 166 Å². The number of aryl methyl sites for hydroxylation is 1. The molecule has 2 atom stereocenters. The van der Waals surface area contributed by atoms with Crippen molar-refractivity contribution in [3.63, 3.8) is 0 Å². The van der Waals surface area contributed by atoms with E-state index in [4.69, 9.17) is 0 Å². The van der Waals surface area contributed by atoms with E-state index in [-0.39, 0.29) is 24.2 Å². The molecule has 0 amide bonds. The third kappa shape index (κ3) is 4.95. The van der Waals surface area contributed by atoms with Gasteiger partial charge in [-0.15, -0.1) is 0 Å². The zero-order chi connectivity index (χ0) is 18.5. The van der Waals surface area contributed by atoms with Crippen LogP contribution in [-0.2, 0) is 0 Å². The monoisotopic (exact) mass is 383 g/mol. The topological polar surface area (TPSA) is 53.9 Å². The second-order valence-electron chi connectivity index (χ2n) is 6.89. The third-order valence-electron chi connectivity index (χ3n) is 4.99. The van der Waals surface area contributed by atoms with Crippen LogP contribution in [0.4, 0.5) is 0 Å². The lowest BCUT2D eigenvalue weighted by Gasteiger charge is -2.17. The highest BCUT2D eigenvalue weighted by atomic mass is 35.5. The van der Waals surface area contributed by atoms with Crippen molar-refractivity contribution in [2.75, 3.05) is 6.54 Å². The SMILES string of the molecule is Cc1ccc(C(=O)CC[NH2+]C(C)C(O)c2ccccc2)c2ccccc12.[Cl-]. The largest absolute Gasteiger partial charge is 1.00 e. The highest BCUT2D eigenvalue weighted by Gasteiger charge is 2.19. The molecule has 3 aromatic carbocycles. The Morgan fingerprint density at radius 1 is 0.963 bits per heavy atom. The fourth-order valence-corrected chi connectivity index (χ4v) is 3.39. The maximum Gasteiger partial charge on any atom is 0.169 e. The number of fused-ring (bicyclic) bond motifs is 1. The number of Topliss-reactive ketones (excluding diaryl/α,β-unsaturated/α-hetero) is 1. The molecule has 0 bridgehead atoms. The first-order valence-corrected chi connectivity index (χ1v) is 9.16. The molecule has 142 valence electrons. The Kier molecular flexibility index (Phi) is 7.55. The number of hydrogen-bond acceptors (Lipinski definition) is 2. The molecule has 3 aromatic rings. The number of quaternary nitrogens is 1. The second-order valence-corrected chi connectivity index (χ2v) is 6.89. The molecule has 27 heavy (non-hydrogen) atoms. The summed E-state index contributed by atoms with van der Waals surface area (Å²) < 4.78 is 0. The van der Waals surface area contributed by atoms with E-state index >= 15 is 0 Å². The number of hydrogen-bond donors (Lipinski definition) is 2. The van der Waals surface area contributed by atoms with Crippen LogP contribution >= 0.6 is 0 Å². The molecule has 0 spiro atoms. The molecule has 2 unspecified atom stereocenters. The van der Waals surface area contributed by atoms with Gasteiger partial charge in [0, 0.05) is 5.56 Å². The zero-order valence-corrected chi connectivity index (χ0v) is 16.5. The van der Waals surface area contributed by atoms with Crippen molar-refractivity contribution < 1.29 is 27.6 Å². The first kappa shape index (κ1) is 21.1. The summed E-state index contributed by atoms with van der Waals surface area (Å²) in [5, 5.41) is 14.6. The molecule has 0 aromatic heterocycles. The number of carbonyl (C=O) groups excluding carboxylic acids is 1. The number of ketones is 1. The van der Waals surface area contributed by atoms with Gasteiger partial charge in [-0.05, 0) is 35.7 Å². The van der Waals surface area contributed by atoms with E-state index in [2.05, 4.69) is 13.0 Å². The van der Waals surface area contributed by atoms with Gasteiger partial charge in [0.05, 0.1) is 13.0 Å². The highest BCUT2D eigenvalue weighted by Crippen LogP contribution is 2.23. The molecule has 0 fully saturated rings. The van der Waals surface area contributed by atoms with E-state index in [1.165, 1.54) is 5.56 Å². The standard InChI is InChI=1S/C23H25NO2.ClH/c1-16-12-13-21(20-11-7-6-10-19(16)20)22(25)14-15-24-17(2)23(26)18-8-4-3-5-9-18;/h3-13,17,23-24,26H,14-15H2,1-2H3;1H. The van der Waals surface area contributed by atoms with Crippen molar-refractivity contribution in [3.05, 3.63) is 83.4 Å². The number of aliphatic hydroxyl groups is 1. The van der Waals surface area contributed by atoms with Gasteiger partial charge in [-0.2, -0.15) is 0 Å². The molecule has 0 saturated heterocycles. The molecule has 3 rings (SSSR count). The van der Waals surface area contributed by atoms with Gasteiger partial charge in [0.2, 0.25) is 0 Å². The quantitative estimate of drug-likeness (QED) is 0.581. The highest BCUT2D eigenvalue weighted by molar-refractivity contribution is 6.08. The lowest BCUT2D eigenvalue weighted by molar-refractivity contribution is -0.693. The molecular weight excluding hydrogens is 358 g/mol. The Morgan fingerprint density at radius 2 is 1.59 bits per heavy atom. The molecule has 0 radical (unpaired) electrons. The Hall–Kier alpha value is -2.20. The van der Waals surface area contributed by atoms with E-state index in [1.807, 2.05) is 72.9 Å². The fraction of sp³-hybridized carbons (Fsp3) is 0.261. The number of carbonyl (C=O) groups is 1. The maximum absolute atomic E-state index is 12.7. The van der Waals surface area contributed by atoms with Gasteiger partial charge in [-0.1, -0.05) is 66.7 Å². The third-order valence-corrected chi connectivity index (χ3v) is 4.99. The molecule has 3 N–H and O–H groups in total. The van der Waals surface area contributed by atoms with Crippen LogP contribution in [0, 0.1) is 6.92 Å². The number of benzene rings is 3. The van der Waals surface area contributed by atoms with E-state index < -0.39 is 6.10 Å². The summed E-state index contributed by atoms with van der Waals surface area (Å²) in [6.45, 7) is 4.71. The lowest BCUT2D eigenvalue weighted by Crippen LogP contribution is -3.00. The van der Waals surface area contributed by atoms with E-state index in [0.29, 0.717) is 13.0 Å². The van der Waals surface area contributed by atoms with Crippen molar-refractivity contribution in [1.29, 1.82) is 0 Å². The lowest BCUT2D eigenvalue weighted by atomic mass is 9.96. The van der Waals surface area contributed by atoms with Gasteiger partial charge in [-0.25, -0.2) is 0 Å². The first-order chi connectivity index (χ1) is 12.6.